The summed E-state index contributed by atoms with van der Waals surface area (Å²) in [4.78, 5) is 2.48. The molecule has 1 aliphatic heterocycles. The lowest BCUT2D eigenvalue weighted by atomic mass is 10.1. The third-order valence-corrected chi connectivity index (χ3v) is 3.40. The number of ether oxygens (including phenoxy) is 1. The van der Waals surface area contributed by atoms with E-state index in [1.165, 1.54) is 18.4 Å². The first kappa shape index (κ1) is 12.4. The largest absolute Gasteiger partial charge is 0.399 e. The van der Waals surface area contributed by atoms with Crippen molar-refractivity contribution >= 4 is 5.69 Å². The van der Waals surface area contributed by atoms with E-state index in [9.17, 15) is 0 Å². The summed E-state index contributed by atoms with van der Waals surface area (Å²) in [7, 11) is 0. The highest BCUT2D eigenvalue weighted by molar-refractivity contribution is 5.40. The Kier molecular flexibility index (Phi) is 4.40. The van der Waals surface area contributed by atoms with Crippen molar-refractivity contribution in [2.75, 3.05) is 25.5 Å². The zero-order chi connectivity index (χ0) is 12.1. The maximum Gasteiger partial charge on any atom is 0.0621 e. The van der Waals surface area contributed by atoms with Gasteiger partial charge in [-0.1, -0.05) is 19.1 Å². The van der Waals surface area contributed by atoms with Gasteiger partial charge in [-0.3, -0.25) is 4.90 Å². The molecule has 1 fully saturated rings. The average molecular weight is 234 g/mol. The molecule has 1 aromatic rings. The SMILES string of the molecule is CCN(Cc1cccc(N)c1)C1CCCOC1. The topological polar surface area (TPSA) is 38.5 Å². The first-order valence-corrected chi connectivity index (χ1v) is 6.46. The van der Waals surface area contributed by atoms with Gasteiger partial charge in [-0.05, 0) is 37.1 Å². The molecule has 0 radical (unpaired) electrons. The van der Waals surface area contributed by atoms with Crippen molar-refractivity contribution in [1.29, 1.82) is 0 Å². The molecule has 0 aliphatic carbocycles. The number of likely N-dealkylation sites (N-methyl/N-ethyl adjacent to an activating group) is 1. The van der Waals surface area contributed by atoms with Crippen molar-refractivity contribution in [2.45, 2.75) is 32.4 Å². The Morgan fingerprint density at radius 3 is 3.00 bits per heavy atom. The van der Waals surface area contributed by atoms with Crippen LogP contribution in [0.5, 0.6) is 0 Å². The molecule has 2 rings (SSSR count). The van der Waals surface area contributed by atoms with E-state index in [-0.39, 0.29) is 0 Å². The van der Waals surface area contributed by atoms with Gasteiger partial charge < -0.3 is 10.5 Å². The van der Waals surface area contributed by atoms with Gasteiger partial charge in [-0.15, -0.1) is 0 Å². The summed E-state index contributed by atoms with van der Waals surface area (Å²) >= 11 is 0. The highest BCUT2D eigenvalue weighted by Gasteiger charge is 2.20. The molecule has 1 atom stereocenters. The molecule has 1 unspecified atom stereocenters. The van der Waals surface area contributed by atoms with Gasteiger partial charge in [0, 0.05) is 24.9 Å². The maximum atomic E-state index is 5.81. The van der Waals surface area contributed by atoms with E-state index in [1.54, 1.807) is 0 Å². The fourth-order valence-electron chi connectivity index (χ4n) is 2.44. The van der Waals surface area contributed by atoms with Gasteiger partial charge in [0.1, 0.15) is 0 Å². The Bertz CT molecular complexity index is 348. The quantitative estimate of drug-likeness (QED) is 0.812. The molecule has 2 N–H and O–H groups in total. The molecule has 0 aromatic heterocycles. The lowest BCUT2D eigenvalue weighted by Gasteiger charge is -2.33. The number of benzene rings is 1. The van der Waals surface area contributed by atoms with E-state index in [0.29, 0.717) is 6.04 Å². The fraction of sp³-hybridized carbons (Fsp3) is 0.571. The molecule has 1 heterocycles. The third kappa shape index (κ3) is 3.45. The molecule has 1 saturated heterocycles. The number of nitrogens with two attached hydrogens (primary N) is 1. The van der Waals surface area contributed by atoms with Crippen LogP contribution in [-0.4, -0.2) is 30.7 Å². The minimum atomic E-state index is 0.565. The Morgan fingerprint density at radius 1 is 1.47 bits per heavy atom. The molecule has 17 heavy (non-hydrogen) atoms. The van der Waals surface area contributed by atoms with Crippen LogP contribution >= 0.6 is 0 Å². The van der Waals surface area contributed by atoms with E-state index >= 15 is 0 Å². The minimum Gasteiger partial charge on any atom is -0.399 e. The van der Waals surface area contributed by atoms with Gasteiger partial charge in [0.2, 0.25) is 0 Å². The molecule has 1 aromatic carbocycles. The zero-order valence-electron chi connectivity index (χ0n) is 10.6. The van der Waals surface area contributed by atoms with Gasteiger partial charge in [0.15, 0.2) is 0 Å². The second-order valence-corrected chi connectivity index (χ2v) is 4.68. The van der Waals surface area contributed by atoms with E-state index in [0.717, 1.165) is 32.0 Å². The van der Waals surface area contributed by atoms with Crippen LogP contribution in [0.4, 0.5) is 5.69 Å². The van der Waals surface area contributed by atoms with Crippen LogP contribution in [0.1, 0.15) is 25.3 Å². The van der Waals surface area contributed by atoms with Crippen molar-refractivity contribution in [3.05, 3.63) is 29.8 Å². The second kappa shape index (κ2) is 6.03. The summed E-state index contributed by atoms with van der Waals surface area (Å²) in [6.45, 7) is 6.03. The second-order valence-electron chi connectivity index (χ2n) is 4.68. The summed E-state index contributed by atoms with van der Waals surface area (Å²) in [5, 5.41) is 0. The van der Waals surface area contributed by atoms with Crippen molar-refractivity contribution in [2.24, 2.45) is 0 Å². The number of rotatable bonds is 4. The number of nitrogen functional groups attached to an aromatic ring is 1. The molecule has 3 nitrogen and oxygen atoms in total. The van der Waals surface area contributed by atoms with Gasteiger partial charge >= 0.3 is 0 Å². The van der Waals surface area contributed by atoms with Crippen LogP contribution in [0.15, 0.2) is 24.3 Å². The normalized spacial score (nSPS) is 20.7. The Morgan fingerprint density at radius 2 is 2.35 bits per heavy atom. The highest BCUT2D eigenvalue weighted by atomic mass is 16.5. The molecular weight excluding hydrogens is 212 g/mol. The summed E-state index contributed by atoms with van der Waals surface area (Å²) < 4.78 is 5.56. The lowest BCUT2D eigenvalue weighted by Crippen LogP contribution is -2.40. The predicted molar refractivity (Wildman–Crippen MR) is 70.8 cm³/mol. The third-order valence-electron chi connectivity index (χ3n) is 3.40. The number of anilines is 1. The summed E-state index contributed by atoms with van der Waals surface area (Å²) in [5.41, 5.74) is 7.95. The van der Waals surface area contributed by atoms with Crippen LogP contribution in [0, 0.1) is 0 Å². The Balaban J connectivity index is 1.98. The predicted octanol–water partition coefficient (Wildman–Crippen LogP) is 2.27. The van der Waals surface area contributed by atoms with E-state index in [2.05, 4.69) is 24.0 Å². The van der Waals surface area contributed by atoms with Crippen molar-refractivity contribution in [1.82, 2.24) is 4.90 Å². The van der Waals surface area contributed by atoms with Gasteiger partial charge in [0.05, 0.1) is 6.61 Å². The van der Waals surface area contributed by atoms with Crippen LogP contribution in [0.2, 0.25) is 0 Å². The summed E-state index contributed by atoms with van der Waals surface area (Å²) in [6.07, 6.45) is 2.42. The van der Waals surface area contributed by atoms with E-state index in [4.69, 9.17) is 10.5 Å². The van der Waals surface area contributed by atoms with Gasteiger partial charge in [-0.25, -0.2) is 0 Å². The van der Waals surface area contributed by atoms with Gasteiger partial charge in [-0.2, -0.15) is 0 Å². The van der Waals surface area contributed by atoms with Crippen molar-refractivity contribution in [3.63, 3.8) is 0 Å². The average Bonchev–Trinajstić information content (AvgIpc) is 2.37. The van der Waals surface area contributed by atoms with Crippen molar-refractivity contribution in [3.8, 4) is 0 Å². The summed E-state index contributed by atoms with van der Waals surface area (Å²) in [5.74, 6) is 0. The van der Waals surface area contributed by atoms with E-state index < -0.39 is 0 Å². The number of nitrogens with zero attached hydrogens (tertiary/aromatic N) is 1. The van der Waals surface area contributed by atoms with Crippen LogP contribution < -0.4 is 5.73 Å². The molecule has 0 spiro atoms. The first-order valence-electron chi connectivity index (χ1n) is 6.46. The fourth-order valence-corrected chi connectivity index (χ4v) is 2.44. The maximum absolute atomic E-state index is 5.81. The Hall–Kier alpha value is -1.06. The summed E-state index contributed by atoms with van der Waals surface area (Å²) in [6, 6.07) is 8.73. The van der Waals surface area contributed by atoms with Crippen molar-refractivity contribution < 1.29 is 4.74 Å². The van der Waals surface area contributed by atoms with Crippen LogP contribution in [0.3, 0.4) is 0 Å². The number of hydrogen-bond acceptors (Lipinski definition) is 3. The monoisotopic (exact) mass is 234 g/mol. The molecule has 94 valence electrons. The first-order chi connectivity index (χ1) is 8.29. The van der Waals surface area contributed by atoms with Gasteiger partial charge in [0.25, 0.3) is 0 Å². The van der Waals surface area contributed by atoms with Crippen LogP contribution in [0.25, 0.3) is 0 Å². The molecule has 3 heteroatoms. The molecule has 0 saturated carbocycles. The molecular formula is C14H22N2O. The smallest absolute Gasteiger partial charge is 0.0621 e. The highest BCUT2D eigenvalue weighted by Crippen LogP contribution is 2.17. The van der Waals surface area contributed by atoms with Crippen LogP contribution in [-0.2, 0) is 11.3 Å². The molecule has 0 bridgehead atoms. The molecule has 0 amide bonds. The Labute approximate surface area is 104 Å². The lowest BCUT2D eigenvalue weighted by molar-refractivity contribution is 0.0166. The zero-order valence-corrected chi connectivity index (χ0v) is 10.6. The number of hydrogen-bond donors (Lipinski definition) is 1. The standard InChI is InChI=1S/C14H22N2O/c1-2-16(14-7-4-8-17-11-14)10-12-5-3-6-13(15)9-12/h3,5-6,9,14H,2,4,7-8,10-11,15H2,1H3. The minimum absolute atomic E-state index is 0.565. The van der Waals surface area contributed by atoms with E-state index in [1.807, 2.05) is 12.1 Å². The molecule has 1 aliphatic rings.